The Labute approximate surface area is 153 Å². The van der Waals surface area contributed by atoms with Crippen molar-refractivity contribution in [1.29, 1.82) is 0 Å². The van der Waals surface area contributed by atoms with Gasteiger partial charge in [-0.1, -0.05) is 6.07 Å². The molecular weight excluding hydrogens is 316 g/mol. The van der Waals surface area contributed by atoms with Crippen LogP contribution in [0.5, 0.6) is 5.75 Å². The topological polar surface area (TPSA) is 62.8 Å². The number of hydrogen-bond donors (Lipinski definition) is 3. The van der Waals surface area contributed by atoms with Crippen LogP contribution in [0.15, 0.2) is 18.2 Å². The maximum Gasteiger partial charge on any atom is 0.140 e. The number of aromatic hydroxyl groups is 1. The summed E-state index contributed by atoms with van der Waals surface area (Å²) in [5, 5.41) is 16.9. The number of ether oxygens (including phenoxy) is 2. The number of anilines is 2. The number of para-hydroxylation sites is 1. The summed E-state index contributed by atoms with van der Waals surface area (Å²) < 4.78 is 10.7. The van der Waals surface area contributed by atoms with Gasteiger partial charge >= 0.3 is 0 Å². The SMILES string of the molecule is CCOCCCCCNc1cccc(O)c1NCCCCCOCC. The molecule has 0 aliphatic heterocycles. The third-order valence-corrected chi connectivity index (χ3v) is 4.00. The van der Waals surface area contributed by atoms with Crippen molar-refractivity contribution in [2.24, 2.45) is 0 Å². The van der Waals surface area contributed by atoms with E-state index in [2.05, 4.69) is 10.6 Å². The molecule has 0 aliphatic rings. The highest BCUT2D eigenvalue weighted by molar-refractivity contribution is 5.75. The highest BCUT2D eigenvalue weighted by Crippen LogP contribution is 2.31. The van der Waals surface area contributed by atoms with Crippen LogP contribution in [0, 0.1) is 0 Å². The molecule has 0 aliphatic carbocycles. The van der Waals surface area contributed by atoms with Gasteiger partial charge in [-0.3, -0.25) is 0 Å². The van der Waals surface area contributed by atoms with Crippen LogP contribution in [0.4, 0.5) is 11.4 Å². The van der Waals surface area contributed by atoms with Crippen molar-refractivity contribution in [3.8, 4) is 5.75 Å². The molecular formula is C20H36N2O3. The minimum absolute atomic E-state index is 0.302. The second-order valence-corrected chi connectivity index (χ2v) is 6.07. The normalized spacial score (nSPS) is 10.8. The number of phenols is 1. The van der Waals surface area contributed by atoms with E-state index in [0.29, 0.717) is 5.75 Å². The van der Waals surface area contributed by atoms with Gasteiger partial charge in [0.15, 0.2) is 0 Å². The number of phenolic OH excluding ortho intramolecular Hbond substituents is 1. The Balaban J connectivity index is 2.26. The molecule has 5 nitrogen and oxygen atoms in total. The first-order chi connectivity index (χ1) is 12.3. The Morgan fingerprint density at radius 3 is 2.00 bits per heavy atom. The predicted molar refractivity (Wildman–Crippen MR) is 106 cm³/mol. The van der Waals surface area contributed by atoms with Gasteiger partial charge in [-0.2, -0.15) is 0 Å². The lowest BCUT2D eigenvalue weighted by molar-refractivity contribution is 0.143. The van der Waals surface area contributed by atoms with Crippen LogP contribution in [0.3, 0.4) is 0 Å². The van der Waals surface area contributed by atoms with Crippen molar-refractivity contribution in [3.63, 3.8) is 0 Å². The zero-order chi connectivity index (χ0) is 18.2. The van der Waals surface area contributed by atoms with Gasteiger partial charge < -0.3 is 25.2 Å². The van der Waals surface area contributed by atoms with Crippen molar-refractivity contribution >= 4 is 11.4 Å². The average Bonchev–Trinajstić information content (AvgIpc) is 2.62. The molecule has 144 valence electrons. The van der Waals surface area contributed by atoms with Gasteiger partial charge in [-0.05, 0) is 64.5 Å². The van der Waals surface area contributed by atoms with E-state index in [1.165, 1.54) is 0 Å². The lowest BCUT2D eigenvalue weighted by Crippen LogP contribution is -2.08. The van der Waals surface area contributed by atoms with Gasteiger partial charge in [0, 0.05) is 39.5 Å². The van der Waals surface area contributed by atoms with Crippen LogP contribution in [-0.4, -0.2) is 44.6 Å². The van der Waals surface area contributed by atoms with Gasteiger partial charge in [-0.25, -0.2) is 0 Å². The molecule has 3 N–H and O–H groups in total. The monoisotopic (exact) mass is 352 g/mol. The standard InChI is InChI=1S/C20H36N2O3/c1-3-24-16-9-5-7-14-21-18-12-11-13-19(23)20(18)22-15-8-6-10-17-25-4-2/h11-13,21-23H,3-10,14-17H2,1-2H3. The van der Waals surface area contributed by atoms with Crippen molar-refractivity contribution in [1.82, 2.24) is 0 Å². The lowest BCUT2D eigenvalue weighted by atomic mass is 10.2. The zero-order valence-corrected chi connectivity index (χ0v) is 16.0. The molecule has 0 aromatic heterocycles. The third-order valence-electron chi connectivity index (χ3n) is 4.00. The van der Waals surface area contributed by atoms with E-state index in [1.807, 2.05) is 26.0 Å². The van der Waals surface area contributed by atoms with Crippen LogP contribution >= 0.6 is 0 Å². The van der Waals surface area contributed by atoms with Crippen LogP contribution in [-0.2, 0) is 9.47 Å². The molecule has 0 saturated carbocycles. The lowest BCUT2D eigenvalue weighted by Gasteiger charge is -2.15. The third kappa shape index (κ3) is 10.2. The minimum atomic E-state index is 0.302. The minimum Gasteiger partial charge on any atom is -0.506 e. The molecule has 5 heteroatoms. The molecule has 0 fully saturated rings. The fourth-order valence-electron chi connectivity index (χ4n) is 2.61. The van der Waals surface area contributed by atoms with Gasteiger partial charge in [0.2, 0.25) is 0 Å². The Kier molecular flexibility index (Phi) is 12.8. The first-order valence-electron chi connectivity index (χ1n) is 9.74. The summed E-state index contributed by atoms with van der Waals surface area (Å²) in [6.07, 6.45) is 6.63. The summed E-state index contributed by atoms with van der Waals surface area (Å²) in [5.74, 6) is 0.302. The molecule has 0 amide bonds. The summed E-state index contributed by atoms with van der Waals surface area (Å²) in [6.45, 7) is 9.07. The number of benzene rings is 1. The maximum absolute atomic E-state index is 10.1. The van der Waals surface area contributed by atoms with Gasteiger partial charge in [0.05, 0.1) is 5.69 Å². The molecule has 0 atom stereocenters. The Morgan fingerprint density at radius 1 is 0.800 bits per heavy atom. The van der Waals surface area contributed by atoms with E-state index in [9.17, 15) is 5.11 Å². The molecule has 0 saturated heterocycles. The van der Waals surface area contributed by atoms with Crippen molar-refractivity contribution in [2.45, 2.75) is 52.4 Å². The molecule has 25 heavy (non-hydrogen) atoms. The molecule has 0 heterocycles. The Hall–Kier alpha value is -1.46. The molecule has 0 radical (unpaired) electrons. The summed E-state index contributed by atoms with van der Waals surface area (Å²) in [7, 11) is 0. The smallest absolute Gasteiger partial charge is 0.140 e. The van der Waals surface area contributed by atoms with Crippen LogP contribution in [0.25, 0.3) is 0 Å². The number of rotatable bonds is 16. The molecule has 1 aromatic carbocycles. The zero-order valence-electron chi connectivity index (χ0n) is 16.0. The van der Waals surface area contributed by atoms with Gasteiger partial charge in [-0.15, -0.1) is 0 Å². The van der Waals surface area contributed by atoms with Crippen LogP contribution < -0.4 is 10.6 Å². The van der Waals surface area contributed by atoms with Crippen LogP contribution in [0.2, 0.25) is 0 Å². The highest BCUT2D eigenvalue weighted by Gasteiger charge is 2.06. The molecule has 0 spiro atoms. The summed E-state index contributed by atoms with van der Waals surface area (Å²) in [4.78, 5) is 0. The highest BCUT2D eigenvalue weighted by atomic mass is 16.5. The van der Waals surface area contributed by atoms with Crippen molar-refractivity contribution < 1.29 is 14.6 Å². The fraction of sp³-hybridized carbons (Fsp3) is 0.700. The summed E-state index contributed by atoms with van der Waals surface area (Å²) >= 11 is 0. The summed E-state index contributed by atoms with van der Waals surface area (Å²) in [5.41, 5.74) is 1.78. The van der Waals surface area contributed by atoms with Crippen LogP contribution in [0.1, 0.15) is 52.4 Å². The number of nitrogens with one attached hydrogen (secondary N) is 2. The predicted octanol–water partition coefficient (Wildman–Crippen LogP) is 4.63. The molecule has 0 bridgehead atoms. The fourth-order valence-corrected chi connectivity index (χ4v) is 2.61. The number of hydrogen-bond acceptors (Lipinski definition) is 5. The summed E-state index contributed by atoms with van der Waals surface area (Å²) in [6, 6.07) is 5.61. The molecule has 0 unspecified atom stereocenters. The van der Waals surface area contributed by atoms with Gasteiger partial charge in [0.25, 0.3) is 0 Å². The largest absolute Gasteiger partial charge is 0.506 e. The maximum atomic E-state index is 10.1. The Morgan fingerprint density at radius 2 is 1.40 bits per heavy atom. The molecule has 1 rings (SSSR count). The second-order valence-electron chi connectivity index (χ2n) is 6.07. The van der Waals surface area contributed by atoms with E-state index < -0.39 is 0 Å². The van der Waals surface area contributed by atoms with Crippen molar-refractivity contribution in [2.75, 3.05) is 50.2 Å². The van der Waals surface area contributed by atoms with Gasteiger partial charge in [0.1, 0.15) is 11.4 Å². The van der Waals surface area contributed by atoms with Crippen molar-refractivity contribution in [3.05, 3.63) is 18.2 Å². The van der Waals surface area contributed by atoms with E-state index in [4.69, 9.17) is 9.47 Å². The quantitative estimate of drug-likeness (QED) is 0.299. The first-order valence-corrected chi connectivity index (χ1v) is 9.74. The average molecular weight is 353 g/mol. The molecule has 1 aromatic rings. The van der Waals surface area contributed by atoms with E-state index >= 15 is 0 Å². The number of unbranched alkanes of at least 4 members (excludes halogenated alkanes) is 4. The first kappa shape index (κ1) is 21.6. The Bertz CT molecular complexity index is 441. The van der Waals surface area contributed by atoms with E-state index in [0.717, 1.165) is 89.4 Å². The van der Waals surface area contributed by atoms with E-state index in [-0.39, 0.29) is 0 Å². The second kappa shape index (κ2) is 14.8. The van der Waals surface area contributed by atoms with E-state index in [1.54, 1.807) is 6.07 Å².